The molecule has 0 aliphatic carbocycles. The van der Waals surface area contributed by atoms with E-state index in [1.165, 1.54) is 0 Å². The average molecular weight is 439 g/mol. The van der Waals surface area contributed by atoms with Crippen molar-refractivity contribution in [1.82, 2.24) is 5.16 Å². The lowest BCUT2D eigenvalue weighted by Gasteiger charge is -2.12. The summed E-state index contributed by atoms with van der Waals surface area (Å²) in [5, 5.41) is 6.06. The molecule has 158 valence electrons. The maximum Gasteiger partial charge on any atom is 0.416 e. The highest BCUT2D eigenvalue weighted by atomic mass is 35.5. The predicted octanol–water partition coefficient (Wildman–Crippen LogP) is 6.10. The van der Waals surface area contributed by atoms with Crippen LogP contribution in [0.5, 0.6) is 5.75 Å². The number of carbonyl (C=O) groups excluding carboxylic acids is 1. The van der Waals surface area contributed by atoms with E-state index in [0.717, 1.165) is 29.3 Å². The number of rotatable bonds is 5. The van der Waals surface area contributed by atoms with E-state index in [1.807, 2.05) is 32.0 Å². The smallest absolute Gasteiger partial charge is 0.416 e. The molecule has 9 heteroatoms. The van der Waals surface area contributed by atoms with E-state index in [-0.39, 0.29) is 23.0 Å². The van der Waals surface area contributed by atoms with Gasteiger partial charge in [-0.3, -0.25) is 4.79 Å². The second kappa shape index (κ2) is 8.39. The summed E-state index contributed by atoms with van der Waals surface area (Å²) in [5.74, 6) is 0.246. The van der Waals surface area contributed by atoms with Crippen molar-refractivity contribution in [2.75, 3.05) is 5.32 Å². The number of aromatic nitrogens is 1. The van der Waals surface area contributed by atoms with Crippen LogP contribution in [0.2, 0.25) is 5.02 Å². The summed E-state index contributed by atoms with van der Waals surface area (Å²) < 4.78 is 49.8. The molecule has 0 fully saturated rings. The van der Waals surface area contributed by atoms with Gasteiger partial charge in [0.15, 0.2) is 5.69 Å². The van der Waals surface area contributed by atoms with Crippen LogP contribution in [0.15, 0.2) is 40.9 Å². The van der Waals surface area contributed by atoms with Gasteiger partial charge in [0.05, 0.1) is 21.8 Å². The molecule has 0 saturated carbocycles. The summed E-state index contributed by atoms with van der Waals surface area (Å²) in [6, 6.07) is 8.39. The maximum atomic E-state index is 13.0. The molecule has 2 aromatic carbocycles. The third-order valence-electron chi connectivity index (χ3n) is 4.46. The molecule has 0 aliphatic rings. The minimum Gasteiger partial charge on any atom is -0.488 e. The summed E-state index contributed by atoms with van der Waals surface area (Å²) in [6.45, 7) is 5.43. The van der Waals surface area contributed by atoms with Crippen molar-refractivity contribution in [3.8, 4) is 5.75 Å². The standard InChI is InChI=1S/C21H18ClF3N2O3/c1-11-4-5-12(2)18(8-11)29-10-15-13(3)30-27-19(15)20(28)26-17-9-14(21(23,24)25)6-7-16(17)22/h4-9H,10H2,1-3H3,(H,26,28). The molecule has 0 bridgehead atoms. The summed E-state index contributed by atoms with van der Waals surface area (Å²) in [6.07, 6.45) is -4.57. The predicted molar refractivity (Wildman–Crippen MR) is 106 cm³/mol. The van der Waals surface area contributed by atoms with Crippen molar-refractivity contribution in [3.63, 3.8) is 0 Å². The van der Waals surface area contributed by atoms with Crippen molar-refractivity contribution in [1.29, 1.82) is 0 Å². The van der Waals surface area contributed by atoms with Gasteiger partial charge in [0.2, 0.25) is 0 Å². The second-order valence-electron chi connectivity index (χ2n) is 6.77. The molecule has 1 aromatic heterocycles. The Bertz CT molecular complexity index is 1090. The van der Waals surface area contributed by atoms with Crippen LogP contribution in [0.4, 0.5) is 18.9 Å². The molecule has 0 saturated heterocycles. The fourth-order valence-electron chi connectivity index (χ4n) is 2.73. The third kappa shape index (κ3) is 4.76. The minimum absolute atomic E-state index is 0.00129. The van der Waals surface area contributed by atoms with Crippen molar-refractivity contribution < 1.29 is 27.2 Å². The van der Waals surface area contributed by atoms with E-state index in [0.29, 0.717) is 17.1 Å². The number of nitrogens with one attached hydrogen (secondary N) is 1. The Morgan fingerprint density at radius 1 is 1.17 bits per heavy atom. The second-order valence-corrected chi connectivity index (χ2v) is 7.18. The molecule has 1 N–H and O–H groups in total. The topological polar surface area (TPSA) is 64.4 Å². The quantitative estimate of drug-likeness (QED) is 0.522. The highest BCUT2D eigenvalue weighted by Crippen LogP contribution is 2.34. The van der Waals surface area contributed by atoms with Crippen molar-refractivity contribution in [3.05, 3.63) is 75.1 Å². The molecule has 0 spiro atoms. The first kappa shape index (κ1) is 21.7. The molecule has 5 nitrogen and oxygen atoms in total. The Morgan fingerprint density at radius 2 is 1.90 bits per heavy atom. The maximum absolute atomic E-state index is 13.0. The average Bonchev–Trinajstić information content (AvgIpc) is 3.04. The molecule has 0 unspecified atom stereocenters. The highest BCUT2D eigenvalue weighted by Gasteiger charge is 2.31. The van der Waals surface area contributed by atoms with Gasteiger partial charge >= 0.3 is 6.18 Å². The van der Waals surface area contributed by atoms with Crippen molar-refractivity contribution in [2.24, 2.45) is 0 Å². The number of anilines is 1. The van der Waals surface area contributed by atoms with E-state index in [1.54, 1.807) is 6.92 Å². The zero-order valence-corrected chi connectivity index (χ0v) is 17.1. The zero-order valence-electron chi connectivity index (χ0n) is 16.4. The van der Waals surface area contributed by atoms with Crippen LogP contribution in [0.25, 0.3) is 0 Å². The van der Waals surface area contributed by atoms with Gasteiger partial charge in [-0.25, -0.2) is 0 Å². The van der Waals surface area contributed by atoms with Crippen LogP contribution >= 0.6 is 11.6 Å². The Labute approximate surface area is 175 Å². The number of carbonyl (C=O) groups is 1. The number of alkyl halides is 3. The van der Waals surface area contributed by atoms with E-state index < -0.39 is 17.6 Å². The molecule has 1 heterocycles. The van der Waals surface area contributed by atoms with Crippen LogP contribution in [-0.2, 0) is 12.8 Å². The van der Waals surface area contributed by atoms with Gasteiger partial charge in [0.1, 0.15) is 18.1 Å². The molecule has 3 aromatic rings. The Balaban J connectivity index is 1.82. The van der Waals surface area contributed by atoms with Gasteiger partial charge < -0.3 is 14.6 Å². The number of halogens is 4. The lowest BCUT2D eigenvalue weighted by atomic mass is 10.1. The monoisotopic (exact) mass is 438 g/mol. The van der Waals surface area contributed by atoms with Gasteiger partial charge in [-0.05, 0) is 56.2 Å². The normalized spacial score (nSPS) is 11.4. The highest BCUT2D eigenvalue weighted by molar-refractivity contribution is 6.34. The molecule has 0 atom stereocenters. The van der Waals surface area contributed by atoms with Gasteiger partial charge in [0.25, 0.3) is 5.91 Å². The SMILES string of the molecule is Cc1ccc(C)c(OCc2c(C(=O)Nc3cc(C(F)(F)F)ccc3Cl)noc2C)c1. The van der Waals surface area contributed by atoms with Gasteiger partial charge in [0, 0.05) is 0 Å². The fourth-order valence-corrected chi connectivity index (χ4v) is 2.90. The van der Waals surface area contributed by atoms with E-state index in [9.17, 15) is 18.0 Å². The van der Waals surface area contributed by atoms with E-state index in [4.69, 9.17) is 20.9 Å². The third-order valence-corrected chi connectivity index (χ3v) is 4.79. The first-order valence-corrected chi connectivity index (χ1v) is 9.27. The summed E-state index contributed by atoms with van der Waals surface area (Å²) in [7, 11) is 0. The number of hydrogen-bond donors (Lipinski definition) is 1. The summed E-state index contributed by atoms with van der Waals surface area (Å²) in [5.41, 5.74) is 1.10. The molecule has 30 heavy (non-hydrogen) atoms. The van der Waals surface area contributed by atoms with Crippen LogP contribution in [-0.4, -0.2) is 11.1 Å². The summed E-state index contributed by atoms with van der Waals surface area (Å²) in [4.78, 5) is 12.7. The number of benzene rings is 2. The zero-order chi connectivity index (χ0) is 22.1. The molecule has 0 radical (unpaired) electrons. The van der Waals surface area contributed by atoms with Crippen molar-refractivity contribution >= 4 is 23.2 Å². The largest absolute Gasteiger partial charge is 0.488 e. The van der Waals surface area contributed by atoms with Crippen LogP contribution in [0, 0.1) is 20.8 Å². The molecule has 3 rings (SSSR count). The molecule has 0 aliphatic heterocycles. The Kier molecular flexibility index (Phi) is 6.07. The molecular formula is C21H18ClF3N2O3. The van der Waals surface area contributed by atoms with Gasteiger partial charge in [-0.1, -0.05) is 28.9 Å². The van der Waals surface area contributed by atoms with Crippen LogP contribution < -0.4 is 10.1 Å². The molecular weight excluding hydrogens is 421 g/mol. The van der Waals surface area contributed by atoms with E-state index in [2.05, 4.69) is 10.5 Å². The number of nitrogens with zero attached hydrogens (tertiary/aromatic N) is 1. The fraction of sp³-hybridized carbons (Fsp3) is 0.238. The number of amides is 1. The number of hydrogen-bond acceptors (Lipinski definition) is 4. The van der Waals surface area contributed by atoms with Gasteiger partial charge in [-0.2, -0.15) is 13.2 Å². The number of aryl methyl sites for hydroxylation is 3. The van der Waals surface area contributed by atoms with Crippen LogP contribution in [0.3, 0.4) is 0 Å². The van der Waals surface area contributed by atoms with Crippen LogP contribution in [0.1, 0.15) is 38.5 Å². The minimum atomic E-state index is -4.57. The first-order valence-electron chi connectivity index (χ1n) is 8.89. The lowest BCUT2D eigenvalue weighted by Crippen LogP contribution is -2.16. The van der Waals surface area contributed by atoms with E-state index >= 15 is 0 Å². The Morgan fingerprint density at radius 3 is 2.60 bits per heavy atom. The first-order chi connectivity index (χ1) is 14.1. The lowest BCUT2D eigenvalue weighted by molar-refractivity contribution is -0.137. The van der Waals surface area contributed by atoms with Crippen molar-refractivity contribution in [2.45, 2.75) is 33.6 Å². The number of ether oxygens (including phenoxy) is 1. The Hall–Kier alpha value is -3.00. The molecule has 1 amide bonds. The summed E-state index contributed by atoms with van der Waals surface area (Å²) >= 11 is 5.95. The van der Waals surface area contributed by atoms with Gasteiger partial charge in [-0.15, -0.1) is 0 Å².